The van der Waals surface area contributed by atoms with Crippen molar-refractivity contribution in [3.05, 3.63) is 58.5 Å². The number of fused-ring (bicyclic) bond motifs is 1. The average Bonchev–Trinajstić information content (AvgIpc) is 3.41. The number of aliphatic hydroxyl groups excluding tert-OH is 1. The second-order valence-corrected chi connectivity index (χ2v) is 7.72. The van der Waals surface area contributed by atoms with E-state index in [0.29, 0.717) is 22.5 Å². The maximum Gasteiger partial charge on any atom is 0.417 e. The van der Waals surface area contributed by atoms with Crippen LogP contribution in [0.4, 0.5) is 13.2 Å². The first-order chi connectivity index (χ1) is 15.7. The first kappa shape index (κ1) is 21.2. The van der Waals surface area contributed by atoms with Crippen molar-refractivity contribution in [1.29, 1.82) is 0 Å². The number of nitrogens with one attached hydrogen (secondary N) is 1. The number of aromatic amines is 1. The molecule has 0 radical (unpaired) electrons. The standard InChI is InChI=1S/C21H17F3N6O3/c1-10-13(6-27-29-10)19-18-12(20(32)30(9-26-18)16-7-33-8-17(16)31)4-15(28-19)14-3-2-11(5-25-14)21(22,23)24/h2-6,9,16-17,31H,7-8H2,1H3,(H,27,29)/t16-,17-/m1/s1. The summed E-state index contributed by atoms with van der Waals surface area (Å²) in [6, 6.07) is 2.95. The molecule has 9 nitrogen and oxygen atoms in total. The Morgan fingerprint density at radius 1 is 1.18 bits per heavy atom. The van der Waals surface area contributed by atoms with Gasteiger partial charge in [0.15, 0.2) is 0 Å². The van der Waals surface area contributed by atoms with Gasteiger partial charge in [0.2, 0.25) is 0 Å². The molecule has 1 saturated heterocycles. The van der Waals surface area contributed by atoms with Crippen LogP contribution in [0.2, 0.25) is 0 Å². The highest BCUT2D eigenvalue weighted by molar-refractivity contribution is 5.93. The van der Waals surface area contributed by atoms with Crippen molar-refractivity contribution in [1.82, 2.24) is 29.7 Å². The monoisotopic (exact) mass is 458 g/mol. The first-order valence-corrected chi connectivity index (χ1v) is 9.95. The highest BCUT2D eigenvalue weighted by Crippen LogP contribution is 2.32. The third-order valence-corrected chi connectivity index (χ3v) is 5.59. The molecule has 170 valence electrons. The molecule has 0 aromatic carbocycles. The second-order valence-electron chi connectivity index (χ2n) is 7.72. The van der Waals surface area contributed by atoms with E-state index in [2.05, 4.69) is 25.1 Å². The topological polar surface area (TPSA) is 119 Å². The minimum absolute atomic E-state index is 0.103. The minimum Gasteiger partial charge on any atom is -0.388 e. The van der Waals surface area contributed by atoms with Crippen molar-refractivity contribution in [3.63, 3.8) is 0 Å². The molecule has 2 atom stereocenters. The second kappa shape index (κ2) is 7.74. The van der Waals surface area contributed by atoms with Gasteiger partial charge in [-0.1, -0.05) is 0 Å². The Kier molecular flexibility index (Phi) is 4.98. The fourth-order valence-corrected chi connectivity index (χ4v) is 3.80. The van der Waals surface area contributed by atoms with Gasteiger partial charge < -0.3 is 9.84 Å². The summed E-state index contributed by atoms with van der Waals surface area (Å²) in [5.74, 6) is 0. The van der Waals surface area contributed by atoms with Crippen LogP contribution in [-0.2, 0) is 10.9 Å². The van der Waals surface area contributed by atoms with Crippen LogP contribution in [-0.4, -0.2) is 54.1 Å². The summed E-state index contributed by atoms with van der Waals surface area (Å²) < 4.78 is 45.4. The number of hydrogen-bond donors (Lipinski definition) is 2. The predicted octanol–water partition coefficient (Wildman–Crippen LogP) is 2.50. The van der Waals surface area contributed by atoms with Gasteiger partial charge in [0.1, 0.15) is 17.3 Å². The summed E-state index contributed by atoms with van der Waals surface area (Å²) in [6.07, 6.45) is -1.80. The summed E-state index contributed by atoms with van der Waals surface area (Å²) in [6.45, 7) is 2.03. The predicted molar refractivity (Wildman–Crippen MR) is 110 cm³/mol. The van der Waals surface area contributed by atoms with Gasteiger partial charge in [-0.15, -0.1) is 0 Å². The normalized spacial score (nSPS) is 18.8. The maximum atomic E-state index is 13.4. The van der Waals surface area contributed by atoms with Crippen LogP contribution >= 0.6 is 0 Å². The molecule has 33 heavy (non-hydrogen) atoms. The smallest absolute Gasteiger partial charge is 0.388 e. The van der Waals surface area contributed by atoms with Gasteiger partial charge in [-0.25, -0.2) is 9.97 Å². The highest BCUT2D eigenvalue weighted by Gasteiger charge is 2.31. The highest BCUT2D eigenvalue weighted by atomic mass is 19.4. The molecule has 1 fully saturated rings. The number of ether oxygens (including phenoxy) is 1. The molecule has 4 aromatic heterocycles. The number of nitrogens with zero attached hydrogens (tertiary/aromatic N) is 5. The van der Waals surface area contributed by atoms with Gasteiger partial charge in [-0.2, -0.15) is 18.3 Å². The molecular weight excluding hydrogens is 441 g/mol. The number of aliphatic hydroxyl groups is 1. The Morgan fingerprint density at radius 2 is 2.00 bits per heavy atom. The average molecular weight is 458 g/mol. The van der Waals surface area contributed by atoms with Crippen LogP contribution in [0, 0.1) is 6.92 Å². The van der Waals surface area contributed by atoms with E-state index < -0.39 is 29.4 Å². The quantitative estimate of drug-likeness (QED) is 0.484. The molecule has 1 aliphatic heterocycles. The van der Waals surface area contributed by atoms with Gasteiger partial charge >= 0.3 is 6.18 Å². The Bertz CT molecular complexity index is 1400. The van der Waals surface area contributed by atoms with E-state index in [1.54, 1.807) is 6.92 Å². The zero-order chi connectivity index (χ0) is 23.3. The zero-order valence-corrected chi connectivity index (χ0v) is 17.2. The molecule has 0 saturated carbocycles. The Balaban J connectivity index is 1.74. The van der Waals surface area contributed by atoms with Crippen molar-refractivity contribution >= 4 is 10.9 Å². The summed E-state index contributed by atoms with van der Waals surface area (Å²) in [5, 5.41) is 17.1. The molecule has 5 heterocycles. The number of H-pyrrole nitrogens is 1. The lowest BCUT2D eigenvalue weighted by Crippen LogP contribution is -2.32. The van der Waals surface area contributed by atoms with E-state index in [-0.39, 0.29) is 30.0 Å². The first-order valence-electron chi connectivity index (χ1n) is 9.95. The molecule has 0 bridgehead atoms. The fourth-order valence-electron chi connectivity index (χ4n) is 3.80. The van der Waals surface area contributed by atoms with Gasteiger partial charge in [0.25, 0.3) is 5.56 Å². The van der Waals surface area contributed by atoms with E-state index in [1.807, 2.05) is 0 Å². The van der Waals surface area contributed by atoms with Crippen molar-refractivity contribution < 1.29 is 23.0 Å². The molecular formula is C21H17F3N6O3. The van der Waals surface area contributed by atoms with E-state index >= 15 is 0 Å². The van der Waals surface area contributed by atoms with E-state index in [9.17, 15) is 23.1 Å². The number of aromatic nitrogens is 6. The van der Waals surface area contributed by atoms with Crippen molar-refractivity contribution in [2.24, 2.45) is 0 Å². The number of aryl methyl sites for hydroxylation is 1. The number of halogens is 3. The molecule has 5 rings (SSSR count). The summed E-state index contributed by atoms with van der Waals surface area (Å²) >= 11 is 0. The fraction of sp³-hybridized carbons (Fsp3) is 0.286. The number of hydrogen-bond acceptors (Lipinski definition) is 7. The summed E-state index contributed by atoms with van der Waals surface area (Å²) in [5.41, 5.74) is 0.921. The van der Waals surface area contributed by atoms with Crippen LogP contribution in [0.5, 0.6) is 0 Å². The molecule has 12 heteroatoms. The zero-order valence-electron chi connectivity index (χ0n) is 17.2. The Hall–Kier alpha value is -3.64. The third kappa shape index (κ3) is 3.66. The van der Waals surface area contributed by atoms with Crippen LogP contribution < -0.4 is 5.56 Å². The van der Waals surface area contributed by atoms with Crippen LogP contribution in [0.25, 0.3) is 33.5 Å². The Morgan fingerprint density at radius 3 is 2.61 bits per heavy atom. The summed E-state index contributed by atoms with van der Waals surface area (Å²) in [7, 11) is 0. The van der Waals surface area contributed by atoms with Crippen LogP contribution in [0.15, 0.2) is 41.7 Å². The Labute approximate surface area is 183 Å². The van der Waals surface area contributed by atoms with Gasteiger partial charge in [0.05, 0.1) is 54.1 Å². The van der Waals surface area contributed by atoms with Crippen molar-refractivity contribution in [2.45, 2.75) is 25.2 Å². The number of alkyl halides is 3. The molecule has 0 spiro atoms. The molecule has 0 unspecified atom stereocenters. The van der Waals surface area contributed by atoms with Gasteiger partial charge in [0, 0.05) is 17.5 Å². The van der Waals surface area contributed by atoms with E-state index in [0.717, 1.165) is 12.3 Å². The molecule has 2 N–H and O–H groups in total. The lowest BCUT2D eigenvalue weighted by Gasteiger charge is -2.17. The van der Waals surface area contributed by atoms with Crippen LogP contribution in [0.1, 0.15) is 17.3 Å². The van der Waals surface area contributed by atoms with Gasteiger partial charge in [-0.05, 0) is 25.1 Å². The molecule has 1 aliphatic rings. The molecule has 0 amide bonds. The number of rotatable bonds is 3. The van der Waals surface area contributed by atoms with Crippen molar-refractivity contribution in [2.75, 3.05) is 13.2 Å². The maximum absolute atomic E-state index is 13.4. The number of pyridine rings is 2. The summed E-state index contributed by atoms with van der Waals surface area (Å²) in [4.78, 5) is 26.3. The largest absolute Gasteiger partial charge is 0.417 e. The van der Waals surface area contributed by atoms with Crippen molar-refractivity contribution in [3.8, 4) is 22.6 Å². The minimum atomic E-state index is -4.52. The van der Waals surface area contributed by atoms with E-state index in [1.165, 1.54) is 29.2 Å². The molecule has 0 aliphatic carbocycles. The SMILES string of the molecule is Cc1[nH]ncc1-c1nc(-c2ccc(C(F)(F)F)cn2)cc2c(=O)n([C@@H]3COC[C@H]3O)cnc12. The van der Waals surface area contributed by atoms with Gasteiger partial charge in [-0.3, -0.25) is 19.4 Å². The lowest BCUT2D eigenvalue weighted by atomic mass is 10.1. The lowest BCUT2D eigenvalue weighted by molar-refractivity contribution is -0.137. The van der Waals surface area contributed by atoms with Crippen LogP contribution in [0.3, 0.4) is 0 Å². The molecule has 4 aromatic rings. The van der Waals surface area contributed by atoms with E-state index in [4.69, 9.17) is 4.74 Å². The third-order valence-electron chi connectivity index (χ3n) is 5.59.